The molecule has 1 rings (SSSR count). The van der Waals surface area contributed by atoms with Gasteiger partial charge in [-0.05, 0) is 39.1 Å². The van der Waals surface area contributed by atoms with Gasteiger partial charge in [-0.3, -0.25) is 4.79 Å². The van der Waals surface area contributed by atoms with E-state index in [1.807, 2.05) is 40.1 Å². The number of carbonyl (C=O) groups is 1. The van der Waals surface area contributed by atoms with Gasteiger partial charge >= 0.3 is 0 Å². The first kappa shape index (κ1) is 15.7. The molecule has 0 radical (unpaired) electrons. The van der Waals surface area contributed by atoms with Gasteiger partial charge in [-0.1, -0.05) is 31.0 Å². The van der Waals surface area contributed by atoms with Crippen LogP contribution in [0.4, 0.5) is 5.69 Å². The maximum Gasteiger partial charge on any atom is 0.241 e. The van der Waals surface area contributed by atoms with Crippen LogP contribution >= 0.6 is 0 Å². The Labute approximate surface area is 116 Å². The molecule has 0 heterocycles. The van der Waals surface area contributed by atoms with Crippen LogP contribution in [0.15, 0.2) is 18.2 Å². The maximum atomic E-state index is 12.0. The first-order valence-electron chi connectivity index (χ1n) is 6.74. The Bertz CT molecular complexity index is 429. The summed E-state index contributed by atoms with van der Waals surface area (Å²) < 4.78 is 0. The number of aryl methyl sites for hydroxylation is 1. The predicted octanol–water partition coefficient (Wildman–Crippen LogP) is 2.12. The SMILES string of the molecule is CCCC(N)C(=O)Nc1ccc(C)cc1CN(C)C. The zero-order chi connectivity index (χ0) is 14.4. The summed E-state index contributed by atoms with van der Waals surface area (Å²) in [5, 5.41) is 2.94. The second-order valence-electron chi connectivity index (χ2n) is 5.28. The number of amides is 1. The van der Waals surface area contributed by atoms with Crippen molar-refractivity contribution in [2.75, 3.05) is 19.4 Å². The number of hydrogen-bond donors (Lipinski definition) is 2. The third kappa shape index (κ3) is 5.01. The van der Waals surface area contributed by atoms with E-state index in [9.17, 15) is 4.79 Å². The number of rotatable bonds is 6. The van der Waals surface area contributed by atoms with Gasteiger partial charge in [-0.15, -0.1) is 0 Å². The molecule has 0 spiro atoms. The van der Waals surface area contributed by atoms with E-state index in [4.69, 9.17) is 5.73 Å². The molecule has 0 aromatic heterocycles. The Morgan fingerprint density at radius 2 is 2.11 bits per heavy atom. The molecule has 0 aliphatic carbocycles. The largest absolute Gasteiger partial charge is 0.324 e. The van der Waals surface area contributed by atoms with E-state index in [-0.39, 0.29) is 5.91 Å². The lowest BCUT2D eigenvalue weighted by Crippen LogP contribution is -2.35. The van der Waals surface area contributed by atoms with Crippen molar-refractivity contribution in [1.29, 1.82) is 0 Å². The smallest absolute Gasteiger partial charge is 0.241 e. The summed E-state index contributed by atoms with van der Waals surface area (Å²) in [6.45, 7) is 4.87. The molecule has 0 saturated heterocycles. The van der Waals surface area contributed by atoms with Gasteiger partial charge in [0.15, 0.2) is 0 Å². The summed E-state index contributed by atoms with van der Waals surface area (Å²) in [6.07, 6.45) is 1.62. The quantitative estimate of drug-likeness (QED) is 0.826. The molecule has 0 fully saturated rings. The molecule has 1 aromatic carbocycles. The van der Waals surface area contributed by atoms with E-state index in [1.54, 1.807) is 0 Å². The van der Waals surface area contributed by atoms with Gasteiger partial charge in [-0.2, -0.15) is 0 Å². The minimum absolute atomic E-state index is 0.106. The molecule has 19 heavy (non-hydrogen) atoms. The van der Waals surface area contributed by atoms with Crippen molar-refractivity contribution in [2.45, 2.75) is 39.3 Å². The Kier molecular flexibility index (Phi) is 5.99. The number of benzene rings is 1. The highest BCUT2D eigenvalue weighted by Gasteiger charge is 2.14. The van der Waals surface area contributed by atoms with E-state index in [0.717, 1.165) is 24.2 Å². The number of anilines is 1. The number of nitrogens with two attached hydrogens (primary N) is 1. The molecule has 1 atom stereocenters. The van der Waals surface area contributed by atoms with Gasteiger partial charge in [0.25, 0.3) is 0 Å². The standard InChI is InChI=1S/C15H25N3O/c1-5-6-13(16)15(19)17-14-8-7-11(2)9-12(14)10-18(3)4/h7-9,13H,5-6,10,16H2,1-4H3,(H,17,19). The lowest BCUT2D eigenvalue weighted by Gasteiger charge is -2.17. The number of nitrogens with one attached hydrogen (secondary N) is 1. The van der Waals surface area contributed by atoms with Crippen molar-refractivity contribution in [3.05, 3.63) is 29.3 Å². The molecule has 0 bridgehead atoms. The summed E-state index contributed by atoms with van der Waals surface area (Å²) in [5.41, 5.74) is 8.99. The van der Waals surface area contributed by atoms with E-state index < -0.39 is 6.04 Å². The molecule has 0 aliphatic rings. The van der Waals surface area contributed by atoms with E-state index >= 15 is 0 Å². The molecule has 1 unspecified atom stereocenters. The van der Waals surface area contributed by atoms with Crippen LogP contribution in [0.2, 0.25) is 0 Å². The summed E-state index contributed by atoms with van der Waals surface area (Å²) >= 11 is 0. The Morgan fingerprint density at radius 1 is 1.42 bits per heavy atom. The third-order valence-electron chi connectivity index (χ3n) is 2.94. The Balaban J connectivity index is 2.84. The summed E-state index contributed by atoms with van der Waals surface area (Å²) in [4.78, 5) is 14.1. The van der Waals surface area contributed by atoms with Crippen molar-refractivity contribution in [1.82, 2.24) is 4.90 Å². The van der Waals surface area contributed by atoms with Crippen LogP contribution in [-0.4, -0.2) is 30.9 Å². The molecule has 4 heteroatoms. The van der Waals surface area contributed by atoms with Crippen LogP contribution in [0.3, 0.4) is 0 Å². The molecule has 0 aliphatic heterocycles. The normalized spacial score (nSPS) is 12.5. The Morgan fingerprint density at radius 3 is 2.68 bits per heavy atom. The van der Waals surface area contributed by atoms with E-state index in [1.165, 1.54) is 5.56 Å². The van der Waals surface area contributed by atoms with Crippen molar-refractivity contribution in [3.8, 4) is 0 Å². The van der Waals surface area contributed by atoms with Crippen LogP contribution in [0.25, 0.3) is 0 Å². The number of hydrogen-bond acceptors (Lipinski definition) is 3. The highest BCUT2D eigenvalue weighted by molar-refractivity contribution is 5.95. The van der Waals surface area contributed by atoms with Crippen LogP contribution in [0.1, 0.15) is 30.9 Å². The fraction of sp³-hybridized carbons (Fsp3) is 0.533. The average Bonchev–Trinajstić information content (AvgIpc) is 2.32. The third-order valence-corrected chi connectivity index (χ3v) is 2.94. The first-order chi connectivity index (χ1) is 8.93. The highest BCUT2D eigenvalue weighted by Crippen LogP contribution is 2.19. The Hall–Kier alpha value is -1.39. The molecular weight excluding hydrogens is 238 g/mol. The molecular formula is C15H25N3O. The second kappa shape index (κ2) is 7.26. The van der Waals surface area contributed by atoms with E-state index in [0.29, 0.717) is 6.42 Å². The minimum atomic E-state index is -0.432. The summed E-state index contributed by atoms with van der Waals surface area (Å²) in [7, 11) is 4.02. The van der Waals surface area contributed by atoms with Crippen LogP contribution in [0, 0.1) is 6.92 Å². The minimum Gasteiger partial charge on any atom is -0.324 e. The molecule has 1 amide bonds. The molecule has 4 nitrogen and oxygen atoms in total. The lowest BCUT2D eigenvalue weighted by molar-refractivity contribution is -0.117. The fourth-order valence-electron chi connectivity index (χ4n) is 1.98. The van der Waals surface area contributed by atoms with Crippen LogP contribution in [-0.2, 0) is 11.3 Å². The monoisotopic (exact) mass is 263 g/mol. The van der Waals surface area contributed by atoms with Crippen LogP contribution < -0.4 is 11.1 Å². The van der Waals surface area contributed by atoms with Gasteiger partial charge in [-0.25, -0.2) is 0 Å². The van der Waals surface area contributed by atoms with Crippen molar-refractivity contribution >= 4 is 11.6 Å². The van der Waals surface area contributed by atoms with Crippen molar-refractivity contribution in [3.63, 3.8) is 0 Å². The summed E-state index contributed by atoms with van der Waals surface area (Å²) in [6, 6.07) is 5.62. The number of carbonyl (C=O) groups excluding carboxylic acids is 1. The van der Waals surface area contributed by atoms with Gasteiger partial charge in [0, 0.05) is 12.2 Å². The van der Waals surface area contributed by atoms with Crippen molar-refractivity contribution in [2.24, 2.45) is 5.73 Å². The van der Waals surface area contributed by atoms with Gasteiger partial charge < -0.3 is 16.0 Å². The fourth-order valence-corrected chi connectivity index (χ4v) is 1.98. The van der Waals surface area contributed by atoms with E-state index in [2.05, 4.69) is 16.3 Å². The molecule has 0 saturated carbocycles. The van der Waals surface area contributed by atoms with Gasteiger partial charge in [0.2, 0.25) is 5.91 Å². The lowest BCUT2D eigenvalue weighted by atomic mass is 10.1. The predicted molar refractivity (Wildman–Crippen MR) is 80.1 cm³/mol. The topological polar surface area (TPSA) is 58.4 Å². The van der Waals surface area contributed by atoms with Crippen LogP contribution in [0.5, 0.6) is 0 Å². The molecule has 106 valence electrons. The zero-order valence-corrected chi connectivity index (χ0v) is 12.4. The molecule has 3 N–H and O–H groups in total. The molecule has 1 aromatic rings. The van der Waals surface area contributed by atoms with Gasteiger partial charge in [0.05, 0.1) is 6.04 Å². The number of nitrogens with zero attached hydrogens (tertiary/aromatic N) is 1. The summed E-state index contributed by atoms with van der Waals surface area (Å²) in [5.74, 6) is -0.106. The maximum absolute atomic E-state index is 12.0. The highest BCUT2D eigenvalue weighted by atomic mass is 16.2. The first-order valence-corrected chi connectivity index (χ1v) is 6.74. The van der Waals surface area contributed by atoms with Gasteiger partial charge in [0.1, 0.15) is 0 Å². The average molecular weight is 263 g/mol. The van der Waals surface area contributed by atoms with Crippen molar-refractivity contribution < 1.29 is 4.79 Å². The zero-order valence-electron chi connectivity index (χ0n) is 12.4. The second-order valence-corrected chi connectivity index (χ2v) is 5.28.